The molecule has 1 atom stereocenters. The standard InChI is InChI=1S/C12H15N3O3S/c13-6-10-5-11(14)1-2-12(10)19(16,17)15-7-9-3-4-18-8-9/h1-2,5,9,15H,3-4,7-8,14H2. The van der Waals surface area contributed by atoms with Gasteiger partial charge in [-0.05, 0) is 30.5 Å². The fraction of sp³-hybridized carbons (Fsp3) is 0.417. The summed E-state index contributed by atoms with van der Waals surface area (Å²) in [4.78, 5) is -0.0388. The van der Waals surface area contributed by atoms with Crippen LogP contribution >= 0.6 is 0 Å². The number of nitrogens with two attached hydrogens (primary N) is 1. The average Bonchev–Trinajstić information content (AvgIpc) is 2.89. The molecule has 6 nitrogen and oxygen atoms in total. The Morgan fingerprint density at radius 2 is 2.32 bits per heavy atom. The number of hydrogen-bond acceptors (Lipinski definition) is 5. The predicted molar refractivity (Wildman–Crippen MR) is 69.7 cm³/mol. The molecule has 1 aromatic carbocycles. The maximum absolute atomic E-state index is 12.1. The summed E-state index contributed by atoms with van der Waals surface area (Å²) in [6.45, 7) is 1.55. The van der Waals surface area contributed by atoms with E-state index in [1.807, 2.05) is 6.07 Å². The number of nitriles is 1. The Hall–Kier alpha value is -1.62. The van der Waals surface area contributed by atoms with E-state index in [-0.39, 0.29) is 16.4 Å². The molecule has 19 heavy (non-hydrogen) atoms. The van der Waals surface area contributed by atoms with Crippen LogP contribution in [0.3, 0.4) is 0 Å². The first-order chi connectivity index (χ1) is 9.03. The van der Waals surface area contributed by atoms with Crippen molar-refractivity contribution < 1.29 is 13.2 Å². The maximum atomic E-state index is 12.1. The molecular formula is C12H15N3O3S. The average molecular weight is 281 g/mol. The summed E-state index contributed by atoms with van der Waals surface area (Å²) < 4.78 is 32.0. The SMILES string of the molecule is N#Cc1cc(N)ccc1S(=O)(=O)NCC1CCOC1. The monoisotopic (exact) mass is 281 g/mol. The van der Waals surface area contributed by atoms with Crippen molar-refractivity contribution in [2.75, 3.05) is 25.5 Å². The van der Waals surface area contributed by atoms with E-state index in [4.69, 9.17) is 15.7 Å². The second-order valence-corrected chi connectivity index (χ2v) is 6.18. The molecule has 1 aliphatic heterocycles. The number of rotatable bonds is 4. The molecule has 0 aromatic heterocycles. The first-order valence-electron chi connectivity index (χ1n) is 5.90. The fourth-order valence-corrected chi connectivity index (χ4v) is 3.17. The lowest BCUT2D eigenvalue weighted by molar-refractivity contribution is 0.186. The van der Waals surface area contributed by atoms with E-state index < -0.39 is 10.0 Å². The number of nitrogens with one attached hydrogen (secondary N) is 1. The van der Waals surface area contributed by atoms with Gasteiger partial charge >= 0.3 is 0 Å². The second kappa shape index (κ2) is 5.57. The van der Waals surface area contributed by atoms with Crippen molar-refractivity contribution >= 4 is 15.7 Å². The normalized spacial score (nSPS) is 19.2. The maximum Gasteiger partial charge on any atom is 0.241 e. The summed E-state index contributed by atoms with van der Waals surface area (Å²) in [5.41, 5.74) is 5.95. The van der Waals surface area contributed by atoms with Crippen molar-refractivity contribution in [2.24, 2.45) is 5.92 Å². The molecule has 1 aromatic rings. The zero-order valence-corrected chi connectivity index (χ0v) is 11.1. The highest BCUT2D eigenvalue weighted by Crippen LogP contribution is 2.19. The zero-order valence-electron chi connectivity index (χ0n) is 10.3. The Kier molecular flexibility index (Phi) is 4.04. The van der Waals surface area contributed by atoms with E-state index in [1.165, 1.54) is 18.2 Å². The first-order valence-corrected chi connectivity index (χ1v) is 7.38. The molecule has 1 heterocycles. The Morgan fingerprint density at radius 1 is 1.53 bits per heavy atom. The number of benzene rings is 1. The van der Waals surface area contributed by atoms with E-state index in [9.17, 15) is 8.42 Å². The molecule has 0 saturated carbocycles. The van der Waals surface area contributed by atoms with Gasteiger partial charge in [0.25, 0.3) is 0 Å². The van der Waals surface area contributed by atoms with E-state index in [0.717, 1.165) is 6.42 Å². The molecule has 1 saturated heterocycles. The quantitative estimate of drug-likeness (QED) is 0.780. The summed E-state index contributed by atoms with van der Waals surface area (Å²) in [7, 11) is -3.69. The third-order valence-electron chi connectivity index (χ3n) is 3.00. The molecule has 2 rings (SSSR count). The number of ether oxygens (including phenoxy) is 1. The van der Waals surface area contributed by atoms with Gasteiger partial charge in [-0.3, -0.25) is 0 Å². The summed E-state index contributed by atoms with van der Waals surface area (Å²) in [6, 6.07) is 6.02. The van der Waals surface area contributed by atoms with E-state index in [1.54, 1.807) is 0 Å². The van der Waals surface area contributed by atoms with Crippen LogP contribution in [0, 0.1) is 17.2 Å². The minimum atomic E-state index is -3.69. The summed E-state index contributed by atoms with van der Waals surface area (Å²) >= 11 is 0. The zero-order chi connectivity index (χ0) is 13.9. The van der Waals surface area contributed by atoms with Crippen molar-refractivity contribution in [2.45, 2.75) is 11.3 Å². The Labute approximate surface area is 112 Å². The van der Waals surface area contributed by atoms with E-state index in [0.29, 0.717) is 25.4 Å². The third kappa shape index (κ3) is 3.23. The van der Waals surface area contributed by atoms with Crippen LogP contribution in [-0.4, -0.2) is 28.2 Å². The predicted octanol–water partition coefficient (Wildman–Crippen LogP) is 0.455. The minimum absolute atomic E-state index is 0.0388. The van der Waals surface area contributed by atoms with Gasteiger partial charge in [0.15, 0.2) is 0 Å². The molecule has 0 aliphatic carbocycles. The number of nitrogen functional groups attached to an aromatic ring is 1. The molecule has 7 heteroatoms. The second-order valence-electron chi connectivity index (χ2n) is 4.45. The highest BCUT2D eigenvalue weighted by Gasteiger charge is 2.22. The van der Waals surface area contributed by atoms with Gasteiger partial charge in [-0.15, -0.1) is 0 Å². The Balaban J connectivity index is 2.17. The highest BCUT2D eigenvalue weighted by molar-refractivity contribution is 7.89. The smallest absolute Gasteiger partial charge is 0.241 e. The van der Waals surface area contributed by atoms with E-state index in [2.05, 4.69) is 4.72 Å². The van der Waals surface area contributed by atoms with Gasteiger partial charge in [0.2, 0.25) is 10.0 Å². The van der Waals surface area contributed by atoms with Crippen molar-refractivity contribution in [3.63, 3.8) is 0 Å². The van der Waals surface area contributed by atoms with Crippen LogP contribution in [0.15, 0.2) is 23.1 Å². The van der Waals surface area contributed by atoms with Crippen molar-refractivity contribution in [3.05, 3.63) is 23.8 Å². The van der Waals surface area contributed by atoms with Crippen LogP contribution in [0.25, 0.3) is 0 Å². The number of hydrogen-bond donors (Lipinski definition) is 2. The molecule has 1 aliphatic rings. The van der Waals surface area contributed by atoms with Gasteiger partial charge in [0.05, 0.1) is 17.1 Å². The molecule has 102 valence electrons. The fourth-order valence-electron chi connectivity index (χ4n) is 1.92. The van der Waals surface area contributed by atoms with Crippen LogP contribution < -0.4 is 10.5 Å². The number of anilines is 1. The lowest BCUT2D eigenvalue weighted by Gasteiger charge is -2.11. The molecule has 1 fully saturated rings. The molecular weight excluding hydrogens is 266 g/mol. The lowest BCUT2D eigenvalue weighted by Crippen LogP contribution is -2.30. The highest BCUT2D eigenvalue weighted by atomic mass is 32.2. The molecule has 0 spiro atoms. The summed E-state index contributed by atoms with van der Waals surface area (Å²) in [5.74, 6) is 0.189. The molecule has 0 bridgehead atoms. The van der Waals surface area contributed by atoms with Crippen LogP contribution in [0.2, 0.25) is 0 Å². The van der Waals surface area contributed by atoms with Crippen LogP contribution in [0.5, 0.6) is 0 Å². The van der Waals surface area contributed by atoms with E-state index >= 15 is 0 Å². The van der Waals surface area contributed by atoms with Gasteiger partial charge in [-0.1, -0.05) is 0 Å². The molecule has 0 radical (unpaired) electrons. The van der Waals surface area contributed by atoms with Crippen molar-refractivity contribution in [1.29, 1.82) is 5.26 Å². The van der Waals surface area contributed by atoms with Gasteiger partial charge in [-0.25, -0.2) is 13.1 Å². The summed E-state index contributed by atoms with van der Waals surface area (Å²) in [5, 5.41) is 8.97. The molecule has 1 unspecified atom stereocenters. The summed E-state index contributed by atoms with van der Waals surface area (Å²) in [6.07, 6.45) is 0.843. The van der Waals surface area contributed by atoms with Crippen LogP contribution in [0.1, 0.15) is 12.0 Å². The third-order valence-corrected chi connectivity index (χ3v) is 4.48. The Bertz CT molecular complexity index is 601. The number of nitrogens with zero attached hydrogens (tertiary/aromatic N) is 1. The van der Waals surface area contributed by atoms with Crippen LogP contribution in [-0.2, 0) is 14.8 Å². The van der Waals surface area contributed by atoms with Gasteiger partial charge in [-0.2, -0.15) is 5.26 Å². The molecule has 3 N–H and O–H groups in total. The Morgan fingerprint density at radius 3 is 2.95 bits per heavy atom. The van der Waals surface area contributed by atoms with Crippen molar-refractivity contribution in [1.82, 2.24) is 4.72 Å². The van der Waals surface area contributed by atoms with Gasteiger partial charge < -0.3 is 10.5 Å². The van der Waals surface area contributed by atoms with Gasteiger partial charge in [0, 0.05) is 18.8 Å². The van der Waals surface area contributed by atoms with Crippen molar-refractivity contribution in [3.8, 4) is 6.07 Å². The number of sulfonamides is 1. The topological polar surface area (TPSA) is 105 Å². The largest absolute Gasteiger partial charge is 0.399 e. The minimum Gasteiger partial charge on any atom is -0.399 e. The van der Waals surface area contributed by atoms with Crippen LogP contribution in [0.4, 0.5) is 5.69 Å². The first kappa shape index (κ1) is 13.8. The van der Waals surface area contributed by atoms with Gasteiger partial charge in [0.1, 0.15) is 6.07 Å². The lowest BCUT2D eigenvalue weighted by atomic mass is 10.1. The molecule has 0 amide bonds.